The Morgan fingerprint density at radius 3 is 2.52 bits per heavy atom. The number of hydrogen-bond donors (Lipinski definition) is 0. The molecule has 1 aromatic heterocycles. The third kappa shape index (κ3) is 3.53. The standard InChI is InChI=1S/C21H25ClN4O3/c1-13-9-24(20(28)21(3,4)22)19-7-15(5-6-18(19)26(13)14(2)27)16-8-23-25(10-16)17-11-29-12-17/h5-8,10,13,17H,9,11-12H2,1-4H3. The van der Waals surface area contributed by atoms with Crippen LogP contribution < -0.4 is 9.80 Å². The van der Waals surface area contributed by atoms with Gasteiger partial charge in [-0.15, -0.1) is 11.6 Å². The highest BCUT2D eigenvalue weighted by atomic mass is 35.5. The van der Waals surface area contributed by atoms with E-state index in [1.807, 2.05) is 42.2 Å². The summed E-state index contributed by atoms with van der Waals surface area (Å²) in [5, 5.41) is 4.45. The second-order valence-corrected chi connectivity index (χ2v) is 9.17. The number of hydrogen-bond acceptors (Lipinski definition) is 4. The van der Waals surface area contributed by atoms with Gasteiger partial charge in [0.25, 0.3) is 0 Å². The van der Waals surface area contributed by atoms with E-state index in [-0.39, 0.29) is 23.9 Å². The summed E-state index contributed by atoms with van der Waals surface area (Å²) in [5.41, 5.74) is 3.28. The molecule has 1 unspecified atom stereocenters. The van der Waals surface area contributed by atoms with Crippen LogP contribution in [0, 0.1) is 0 Å². The van der Waals surface area contributed by atoms with Gasteiger partial charge in [-0.25, -0.2) is 0 Å². The van der Waals surface area contributed by atoms with Crippen LogP contribution in [-0.2, 0) is 14.3 Å². The first-order valence-corrected chi connectivity index (χ1v) is 10.1. The van der Waals surface area contributed by atoms with Gasteiger partial charge in [0.05, 0.1) is 42.9 Å². The highest BCUT2D eigenvalue weighted by molar-refractivity contribution is 6.36. The Bertz CT molecular complexity index is 961. The van der Waals surface area contributed by atoms with Crippen molar-refractivity contribution in [3.05, 3.63) is 30.6 Å². The average molecular weight is 417 g/mol. The molecule has 7 nitrogen and oxygen atoms in total. The molecule has 1 atom stereocenters. The van der Waals surface area contributed by atoms with Gasteiger partial charge in [-0.2, -0.15) is 5.10 Å². The molecule has 0 aliphatic carbocycles. The molecule has 1 aromatic carbocycles. The maximum absolute atomic E-state index is 13.1. The Hall–Kier alpha value is -2.38. The van der Waals surface area contributed by atoms with Crippen LogP contribution in [0.25, 0.3) is 11.1 Å². The molecule has 0 saturated carbocycles. The molecule has 2 aliphatic rings. The van der Waals surface area contributed by atoms with Crippen molar-refractivity contribution >= 4 is 34.8 Å². The number of nitrogens with zero attached hydrogens (tertiary/aromatic N) is 4. The van der Waals surface area contributed by atoms with E-state index >= 15 is 0 Å². The summed E-state index contributed by atoms with van der Waals surface area (Å²) in [6, 6.07) is 5.92. The van der Waals surface area contributed by atoms with Crippen LogP contribution in [0.5, 0.6) is 0 Å². The van der Waals surface area contributed by atoms with E-state index in [0.29, 0.717) is 31.1 Å². The monoisotopic (exact) mass is 416 g/mol. The van der Waals surface area contributed by atoms with Crippen LogP contribution in [0.1, 0.15) is 33.7 Å². The number of alkyl halides is 1. The number of carbonyl (C=O) groups excluding carboxylic acids is 2. The molecule has 1 saturated heterocycles. The number of anilines is 2. The molecule has 0 spiro atoms. The minimum Gasteiger partial charge on any atom is -0.377 e. The number of carbonyl (C=O) groups is 2. The Morgan fingerprint density at radius 1 is 1.21 bits per heavy atom. The van der Waals surface area contributed by atoms with E-state index in [1.165, 1.54) is 0 Å². The van der Waals surface area contributed by atoms with Gasteiger partial charge in [0.15, 0.2) is 0 Å². The fourth-order valence-electron chi connectivity index (χ4n) is 3.86. The lowest BCUT2D eigenvalue weighted by molar-refractivity contribution is -0.121. The fraction of sp³-hybridized carbons (Fsp3) is 0.476. The lowest BCUT2D eigenvalue weighted by Crippen LogP contribution is -2.54. The summed E-state index contributed by atoms with van der Waals surface area (Å²) in [6.07, 6.45) is 3.80. The molecule has 2 aromatic rings. The van der Waals surface area contributed by atoms with Crippen LogP contribution in [0.15, 0.2) is 30.6 Å². The first-order valence-electron chi connectivity index (χ1n) is 9.74. The number of rotatable bonds is 3. The molecule has 1 fully saturated rings. The quantitative estimate of drug-likeness (QED) is 0.720. The van der Waals surface area contributed by atoms with Crippen molar-refractivity contribution in [2.45, 2.75) is 44.7 Å². The molecular weight excluding hydrogens is 392 g/mol. The highest BCUT2D eigenvalue weighted by Crippen LogP contribution is 2.40. The molecule has 3 heterocycles. The number of amides is 2. The second kappa shape index (κ2) is 7.15. The number of halogens is 1. The summed E-state index contributed by atoms with van der Waals surface area (Å²) < 4.78 is 7.15. The predicted octanol–water partition coefficient (Wildman–Crippen LogP) is 3.23. The van der Waals surface area contributed by atoms with Gasteiger partial charge in [-0.1, -0.05) is 6.07 Å². The first kappa shape index (κ1) is 19.9. The zero-order valence-electron chi connectivity index (χ0n) is 17.1. The van der Waals surface area contributed by atoms with Crippen molar-refractivity contribution in [3.63, 3.8) is 0 Å². The molecule has 0 N–H and O–H groups in total. The fourth-order valence-corrected chi connectivity index (χ4v) is 3.96. The van der Waals surface area contributed by atoms with Crippen molar-refractivity contribution in [2.24, 2.45) is 0 Å². The number of aromatic nitrogens is 2. The summed E-state index contributed by atoms with van der Waals surface area (Å²) in [4.78, 5) is 27.7. The number of fused-ring (bicyclic) bond motifs is 1. The molecule has 0 radical (unpaired) electrons. The maximum atomic E-state index is 13.1. The van der Waals surface area contributed by atoms with Crippen LogP contribution in [0.4, 0.5) is 11.4 Å². The first-order chi connectivity index (χ1) is 13.7. The van der Waals surface area contributed by atoms with Crippen molar-refractivity contribution in [2.75, 3.05) is 29.6 Å². The Labute approximate surface area is 175 Å². The molecule has 2 aliphatic heterocycles. The minimum atomic E-state index is -1.04. The second-order valence-electron chi connectivity index (χ2n) is 8.23. The molecule has 4 rings (SSSR count). The lowest BCUT2D eigenvalue weighted by Gasteiger charge is -2.42. The Kier molecular flexibility index (Phi) is 4.91. The maximum Gasteiger partial charge on any atom is 0.247 e. The summed E-state index contributed by atoms with van der Waals surface area (Å²) in [7, 11) is 0. The van der Waals surface area contributed by atoms with Crippen molar-refractivity contribution in [1.82, 2.24) is 9.78 Å². The normalized spacial score (nSPS) is 19.7. The van der Waals surface area contributed by atoms with E-state index in [0.717, 1.165) is 11.1 Å². The van der Waals surface area contributed by atoms with Crippen LogP contribution >= 0.6 is 11.6 Å². The average Bonchev–Trinajstić information content (AvgIpc) is 3.06. The van der Waals surface area contributed by atoms with Crippen molar-refractivity contribution < 1.29 is 14.3 Å². The van der Waals surface area contributed by atoms with Gasteiger partial charge in [-0.05, 0) is 38.5 Å². The zero-order chi connectivity index (χ0) is 20.9. The smallest absolute Gasteiger partial charge is 0.247 e. The third-order valence-corrected chi connectivity index (χ3v) is 5.60. The highest BCUT2D eigenvalue weighted by Gasteiger charge is 2.38. The van der Waals surface area contributed by atoms with E-state index < -0.39 is 4.87 Å². The lowest BCUT2D eigenvalue weighted by atomic mass is 10.0. The largest absolute Gasteiger partial charge is 0.377 e. The number of ether oxygens (including phenoxy) is 1. The van der Waals surface area contributed by atoms with Crippen LogP contribution in [-0.4, -0.2) is 52.3 Å². The predicted molar refractivity (Wildman–Crippen MR) is 112 cm³/mol. The van der Waals surface area contributed by atoms with E-state index in [2.05, 4.69) is 5.10 Å². The van der Waals surface area contributed by atoms with Crippen LogP contribution in [0.2, 0.25) is 0 Å². The summed E-state index contributed by atoms with van der Waals surface area (Å²) in [5.74, 6) is -0.239. The van der Waals surface area contributed by atoms with E-state index in [1.54, 1.807) is 30.6 Å². The SMILES string of the molecule is CC(=O)N1c2ccc(-c3cnn(C4COC4)c3)cc2N(C(=O)C(C)(C)Cl)CC1C. The van der Waals surface area contributed by atoms with Gasteiger partial charge in [-0.3, -0.25) is 14.3 Å². The van der Waals surface area contributed by atoms with Crippen molar-refractivity contribution in [1.29, 1.82) is 0 Å². The van der Waals surface area contributed by atoms with Gasteiger partial charge in [0.1, 0.15) is 4.87 Å². The zero-order valence-corrected chi connectivity index (χ0v) is 17.8. The minimum absolute atomic E-state index is 0.0541. The topological polar surface area (TPSA) is 67.7 Å². The molecule has 29 heavy (non-hydrogen) atoms. The van der Waals surface area contributed by atoms with E-state index in [9.17, 15) is 9.59 Å². The molecule has 2 amide bonds. The third-order valence-electron chi connectivity index (χ3n) is 5.44. The van der Waals surface area contributed by atoms with E-state index in [4.69, 9.17) is 16.3 Å². The molecule has 154 valence electrons. The molecule has 0 bridgehead atoms. The summed E-state index contributed by atoms with van der Waals surface area (Å²) >= 11 is 6.35. The Morgan fingerprint density at radius 2 is 1.93 bits per heavy atom. The van der Waals surface area contributed by atoms with Gasteiger partial charge in [0.2, 0.25) is 11.8 Å². The summed E-state index contributed by atoms with van der Waals surface area (Å²) in [6.45, 7) is 8.59. The molecular formula is C21H25ClN4O3. The van der Waals surface area contributed by atoms with Gasteiger partial charge in [0, 0.05) is 25.2 Å². The van der Waals surface area contributed by atoms with Gasteiger partial charge < -0.3 is 14.5 Å². The Balaban J connectivity index is 1.78. The van der Waals surface area contributed by atoms with Gasteiger partial charge >= 0.3 is 0 Å². The van der Waals surface area contributed by atoms with Crippen LogP contribution in [0.3, 0.4) is 0 Å². The number of benzene rings is 1. The molecule has 8 heteroatoms. The van der Waals surface area contributed by atoms with Crippen molar-refractivity contribution in [3.8, 4) is 11.1 Å².